The monoisotopic (exact) mass is 272 g/mol. The van der Waals surface area contributed by atoms with E-state index in [4.69, 9.17) is 5.11 Å². The molecule has 1 aromatic carbocycles. The van der Waals surface area contributed by atoms with Gasteiger partial charge in [-0.2, -0.15) is 5.10 Å². The largest absolute Gasteiger partial charge is 0.478 e. The molecule has 7 nitrogen and oxygen atoms in total. The molecule has 0 unspecified atom stereocenters. The van der Waals surface area contributed by atoms with Gasteiger partial charge in [-0.15, -0.1) is 0 Å². The van der Waals surface area contributed by atoms with E-state index in [1.165, 1.54) is 16.7 Å². The molecule has 0 fully saturated rings. The summed E-state index contributed by atoms with van der Waals surface area (Å²) in [4.78, 5) is 25.7. The summed E-state index contributed by atoms with van der Waals surface area (Å²) in [7, 11) is 1.78. The first-order chi connectivity index (χ1) is 9.47. The number of rotatable bonds is 2. The summed E-state index contributed by atoms with van der Waals surface area (Å²) in [5, 5.41) is 13.2. The second kappa shape index (κ2) is 4.09. The van der Waals surface area contributed by atoms with Gasteiger partial charge in [-0.1, -0.05) is 0 Å². The van der Waals surface area contributed by atoms with Gasteiger partial charge in [-0.05, 0) is 25.1 Å². The minimum absolute atomic E-state index is 0.133. The van der Waals surface area contributed by atoms with Crippen molar-refractivity contribution in [3.8, 4) is 5.69 Å². The van der Waals surface area contributed by atoms with E-state index in [1.807, 2.05) is 6.92 Å². The maximum Gasteiger partial charge on any atom is 0.335 e. The quantitative estimate of drug-likeness (QED) is 0.729. The van der Waals surface area contributed by atoms with E-state index in [-0.39, 0.29) is 11.3 Å². The first kappa shape index (κ1) is 12.2. The number of aromatic amines is 1. The minimum Gasteiger partial charge on any atom is -0.478 e. The van der Waals surface area contributed by atoms with Crippen LogP contribution in [0.4, 0.5) is 0 Å². The van der Waals surface area contributed by atoms with E-state index in [1.54, 1.807) is 24.0 Å². The number of aromatic carboxylic acids is 1. The molecule has 0 aliphatic rings. The summed E-state index contributed by atoms with van der Waals surface area (Å²) >= 11 is 0. The number of imidazole rings is 1. The molecule has 2 N–H and O–H groups in total. The highest BCUT2D eigenvalue weighted by Crippen LogP contribution is 2.18. The zero-order chi connectivity index (χ0) is 14.4. The van der Waals surface area contributed by atoms with Crippen LogP contribution >= 0.6 is 0 Å². The summed E-state index contributed by atoms with van der Waals surface area (Å²) < 4.78 is 3.12. The van der Waals surface area contributed by atoms with Gasteiger partial charge in [0.25, 0.3) is 0 Å². The van der Waals surface area contributed by atoms with Crippen molar-refractivity contribution in [2.45, 2.75) is 6.92 Å². The Kier molecular flexibility index (Phi) is 2.50. The molecule has 0 bridgehead atoms. The van der Waals surface area contributed by atoms with Gasteiger partial charge in [0.1, 0.15) is 0 Å². The smallest absolute Gasteiger partial charge is 0.335 e. The number of carbonyl (C=O) groups is 1. The molecule has 0 spiro atoms. The van der Waals surface area contributed by atoms with Crippen molar-refractivity contribution < 1.29 is 9.90 Å². The molecule has 0 radical (unpaired) electrons. The van der Waals surface area contributed by atoms with E-state index >= 15 is 0 Å². The summed E-state index contributed by atoms with van der Waals surface area (Å²) in [5.74, 6) is -1.03. The Morgan fingerprint density at radius 2 is 2.15 bits per heavy atom. The van der Waals surface area contributed by atoms with Gasteiger partial charge in [-0.3, -0.25) is 9.25 Å². The normalized spacial score (nSPS) is 11.1. The molecule has 2 heterocycles. The second-order valence-electron chi connectivity index (χ2n) is 4.58. The lowest BCUT2D eigenvalue weighted by atomic mass is 10.2. The van der Waals surface area contributed by atoms with Crippen molar-refractivity contribution in [3.05, 3.63) is 46.1 Å². The van der Waals surface area contributed by atoms with Crippen LogP contribution in [0.2, 0.25) is 0 Å². The molecule has 20 heavy (non-hydrogen) atoms. The molecule has 102 valence electrons. The van der Waals surface area contributed by atoms with Crippen LogP contribution in [-0.2, 0) is 7.05 Å². The van der Waals surface area contributed by atoms with Crippen molar-refractivity contribution in [3.63, 3.8) is 0 Å². The van der Waals surface area contributed by atoms with Crippen LogP contribution in [-0.4, -0.2) is 30.4 Å². The van der Waals surface area contributed by atoms with Crippen LogP contribution < -0.4 is 5.69 Å². The predicted octanol–water partition coefficient (Wildman–Crippen LogP) is 1.06. The van der Waals surface area contributed by atoms with Gasteiger partial charge >= 0.3 is 11.7 Å². The van der Waals surface area contributed by atoms with Crippen LogP contribution in [0.1, 0.15) is 16.1 Å². The van der Waals surface area contributed by atoms with Gasteiger partial charge < -0.3 is 10.1 Å². The molecule has 0 aliphatic carbocycles. The molecule has 2 aromatic heterocycles. The lowest BCUT2D eigenvalue weighted by Crippen LogP contribution is -2.14. The molecule has 0 amide bonds. The van der Waals surface area contributed by atoms with Gasteiger partial charge in [0.05, 0.1) is 28.0 Å². The lowest BCUT2D eigenvalue weighted by molar-refractivity contribution is 0.0697. The number of aryl methyl sites for hydroxylation is 2. The van der Waals surface area contributed by atoms with E-state index < -0.39 is 5.97 Å². The zero-order valence-electron chi connectivity index (χ0n) is 10.9. The van der Waals surface area contributed by atoms with Crippen molar-refractivity contribution in [2.75, 3.05) is 0 Å². The summed E-state index contributed by atoms with van der Waals surface area (Å²) in [6.07, 6.45) is 1.75. The molecule has 0 aliphatic heterocycles. The summed E-state index contributed by atoms with van der Waals surface area (Å²) in [6.45, 7) is 1.81. The minimum atomic E-state index is -1.03. The maximum absolute atomic E-state index is 12.1. The van der Waals surface area contributed by atoms with Gasteiger partial charge in [-0.25, -0.2) is 9.59 Å². The first-order valence-corrected chi connectivity index (χ1v) is 5.96. The Hall–Kier alpha value is -2.83. The Bertz CT molecular complexity index is 885. The highest BCUT2D eigenvalue weighted by atomic mass is 16.4. The van der Waals surface area contributed by atoms with Crippen molar-refractivity contribution in [2.24, 2.45) is 7.05 Å². The number of nitrogens with one attached hydrogen (secondary N) is 1. The fraction of sp³-hybridized carbons (Fsp3) is 0.154. The zero-order valence-corrected chi connectivity index (χ0v) is 10.9. The highest BCUT2D eigenvalue weighted by Gasteiger charge is 2.14. The highest BCUT2D eigenvalue weighted by molar-refractivity contribution is 5.92. The number of fused-ring (bicyclic) bond motifs is 1. The fourth-order valence-electron chi connectivity index (χ4n) is 2.29. The van der Waals surface area contributed by atoms with Crippen LogP contribution in [0.25, 0.3) is 16.7 Å². The molecule has 0 saturated heterocycles. The molecule has 3 rings (SSSR count). The van der Waals surface area contributed by atoms with E-state index in [0.717, 1.165) is 5.69 Å². The molecular weight excluding hydrogens is 260 g/mol. The van der Waals surface area contributed by atoms with Crippen molar-refractivity contribution >= 4 is 17.0 Å². The van der Waals surface area contributed by atoms with E-state index in [2.05, 4.69) is 10.1 Å². The Labute approximate surface area is 113 Å². The molecular formula is C13H12N4O3. The number of H-pyrrole nitrogens is 1. The van der Waals surface area contributed by atoms with Crippen LogP contribution in [0.3, 0.4) is 0 Å². The second-order valence-corrected chi connectivity index (χ2v) is 4.58. The Morgan fingerprint density at radius 3 is 2.75 bits per heavy atom. The average molecular weight is 272 g/mol. The fourth-order valence-corrected chi connectivity index (χ4v) is 2.29. The van der Waals surface area contributed by atoms with Crippen LogP contribution in [0, 0.1) is 6.92 Å². The molecule has 7 heteroatoms. The van der Waals surface area contributed by atoms with Crippen LogP contribution in [0.15, 0.2) is 29.2 Å². The number of carboxylic acid groups (broad SMARTS) is 1. The van der Waals surface area contributed by atoms with Crippen molar-refractivity contribution in [1.82, 2.24) is 19.3 Å². The average Bonchev–Trinajstić information content (AvgIpc) is 2.86. The molecule has 3 aromatic rings. The van der Waals surface area contributed by atoms with Gasteiger partial charge in [0, 0.05) is 13.2 Å². The number of hydrogen-bond acceptors (Lipinski definition) is 3. The van der Waals surface area contributed by atoms with E-state index in [9.17, 15) is 9.59 Å². The third kappa shape index (κ3) is 1.71. The number of hydrogen-bond donors (Lipinski definition) is 2. The lowest BCUT2D eigenvalue weighted by Gasteiger charge is -2.01. The summed E-state index contributed by atoms with van der Waals surface area (Å²) in [6, 6.07) is 4.53. The molecule has 0 saturated carbocycles. The number of benzene rings is 1. The molecule has 0 atom stereocenters. The standard InChI is InChI=1S/C13H12N4O3/c1-7-11(6-16(2)15-7)17-10-4-3-8(12(18)19)5-9(10)14-13(17)20/h3-6H,1-2H3,(H,14,20)(H,18,19). The van der Waals surface area contributed by atoms with Gasteiger partial charge in [0.15, 0.2) is 0 Å². The Morgan fingerprint density at radius 1 is 1.40 bits per heavy atom. The van der Waals surface area contributed by atoms with Crippen molar-refractivity contribution in [1.29, 1.82) is 0 Å². The number of carboxylic acids is 1. The number of aromatic nitrogens is 4. The van der Waals surface area contributed by atoms with Gasteiger partial charge in [0.2, 0.25) is 0 Å². The van der Waals surface area contributed by atoms with Crippen LogP contribution in [0.5, 0.6) is 0 Å². The third-order valence-electron chi connectivity index (χ3n) is 3.16. The Balaban J connectivity index is 2.32. The SMILES string of the molecule is Cc1nn(C)cc1-n1c(=O)[nH]c2cc(C(=O)O)ccc21. The predicted molar refractivity (Wildman–Crippen MR) is 72.4 cm³/mol. The number of nitrogens with zero attached hydrogens (tertiary/aromatic N) is 3. The summed E-state index contributed by atoms with van der Waals surface area (Å²) in [5.41, 5.74) is 2.31. The first-order valence-electron chi connectivity index (χ1n) is 5.96. The maximum atomic E-state index is 12.1. The topological polar surface area (TPSA) is 92.9 Å². The van der Waals surface area contributed by atoms with E-state index in [0.29, 0.717) is 16.7 Å². The third-order valence-corrected chi connectivity index (χ3v) is 3.16.